The van der Waals surface area contributed by atoms with Crippen LogP contribution in [0.3, 0.4) is 0 Å². The monoisotopic (exact) mass is 484 g/mol. The van der Waals surface area contributed by atoms with Crippen LogP contribution >= 0.6 is 15.9 Å². The third kappa shape index (κ3) is 6.56. The summed E-state index contributed by atoms with van der Waals surface area (Å²) >= 11 is 3.21. The van der Waals surface area contributed by atoms with E-state index in [1.807, 2.05) is 0 Å². The number of halogens is 5. The van der Waals surface area contributed by atoms with Gasteiger partial charge in [0.1, 0.15) is 36.3 Å². The number of hydrogen-bond donors (Lipinski definition) is 1. The minimum Gasteiger partial charge on any atom is -0.462 e. The number of aliphatic imine (C=N–C) groups is 1. The van der Waals surface area contributed by atoms with E-state index in [1.54, 1.807) is 20.8 Å². The predicted octanol–water partition coefficient (Wildman–Crippen LogP) is 4.66. The summed E-state index contributed by atoms with van der Waals surface area (Å²) in [6.07, 6.45) is -6.73. The van der Waals surface area contributed by atoms with Crippen LogP contribution in [0.1, 0.15) is 33.3 Å². The minimum absolute atomic E-state index is 0.0224. The first-order valence-corrected chi connectivity index (χ1v) is 9.35. The summed E-state index contributed by atoms with van der Waals surface area (Å²) in [7, 11) is 0. The Morgan fingerprint density at radius 2 is 2.03 bits per heavy atom. The Bertz CT molecular complexity index is 795. The number of rotatable bonds is 3. The molecule has 1 aromatic carbocycles. The Hall–Kier alpha value is -1.88. The highest BCUT2D eigenvalue weighted by atomic mass is 79.9. The Balaban J connectivity index is 2.38. The van der Waals surface area contributed by atoms with Gasteiger partial charge in [0.2, 0.25) is 0 Å². The quantitative estimate of drug-likeness (QED) is 0.633. The van der Waals surface area contributed by atoms with Crippen molar-refractivity contribution in [1.29, 1.82) is 0 Å². The zero-order chi connectivity index (χ0) is 22.0. The van der Waals surface area contributed by atoms with E-state index >= 15 is 0 Å². The molecule has 162 valence electrons. The summed E-state index contributed by atoms with van der Waals surface area (Å²) in [4.78, 5) is 16.1. The van der Waals surface area contributed by atoms with E-state index in [-0.39, 0.29) is 11.6 Å². The third-order valence-corrected chi connectivity index (χ3v) is 4.36. The van der Waals surface area contributed by atoms with Gasteiger partial charge in [0.05, 0.1) is 0 Å². The summed E-state index contributed by atoms with van der Waals surface area (Å²) in [6.45, 7) is 4.40. The smallest absolute Gasteiger partial charge is 0.415 e. The molecule has 1 aromatic rings. The standard InChI is InChI=1S/C18H21BrF4N2O4/c1-16(2,3)29-15(26)24-14-25-17(4,11-7-10(19)5-6-12(11)20)13(8-27-14)28-9-18(21,22)23/h5-7,13H,8-9H2,1-4H3,(H,24,25,26)/t13-,17+/m0/s1. The number of amides is 1. The van der Waals surface area contributed by atoms with Gasteiger partial charge in [-0.2, -0.15) is 13.2 Å². The molecular weight excluding hydrogens is 464 g/mol. The van der Waals surface area contributed by atoms with Gasteiger partial charge in [-0.05, 0) is 45.9 Å². The van der Waals surface area contributed by atoms with Crippen molar-refractivity contribution in [3.63, 3.8) is 0 Å². The molecule has 0 spiro atoms. The largest absolute Gasteiger partial charge is 0.462 e. The van der Waals surface area contributed by atoms with Gasteiger partial charge in [0, 0.05) is 10.0 Å². The number of nitrogens with zero attached hydrogens (tertiary/aromatic N) is 1. The van der Waals surface area contributed by atoms with Crippen LogP contribution < -0.4 is 5.32 Å². The fourth-order valence-corrected chi connectivity index (χ4v) is 2.97. The summed E-state index contributed by atoms with van der Waals surface area (Å²) in [5.41, 5.74) is -2.43. The van der Waals surface area contributed by atoms with Crippen molar-refractivity contribution in [3.05, 3.63) is 34.1 Å². The van der Waals surface area contributed by atoms with Crippen LogP contribution in [0.15, 0.2) is 27.7 Å². The van der Waals surface area contributed by atoms with E-state index < -0.39 is 48.5 Å². The van der Waals surface area contributed by atoms with Gasteiger partial charge in [-0.1, -0.05) is 15.9 Å². The van der Waals surface area contributed by atoms with Gasteiger partial charge in [0.25, 0.3) is 6.02 Å². The fraction of sp³-hybridized carbons (Fsp3) is 0.556. The van der Waals surface area contributed by atoms with Crippen molar-refractivity contribution in [2.75, 3.05) is 13.2 Å². The van der Waals surface area contributed by atoms with Crippen LogP contribution in [-0.2, 0) is 19.7 Å². The first-order valence-electron chi connectivity index (χ1n) is 8.56. The topological polar surface area (TPSA) is 69.2 Å². The van der Waals surface area contributed by atoms with E-state index in [0.29, 0.717) is 4.47 Å². The second-order valence-electron chi connectivity index (χ2n) is 7.54. The molecule has 0 aliphatic carbocycles. The number of alkyl halides is 3. The molecular formula is C18H21BrF4N2O4. The van der Waals surface area contributed by atoms with E-state index in [0.717, 1.165) is 6.07 Å². The van der Waals surface area contributed by atoms with Crippen molar-refractivity contribution < 1.29 is 36.6 Å². The molecule has 0 saturated carbocycles. The van der Waals surface area contributed by atoms with E-state index in [9.17, 15) is 22.4 Å². The lowest BCUT2D eigenvalue weighted by atomic mass is 9.86. The number of alkyl carbamates (subject to hydrolysis) is 1. The molecule has 2 rings (SSSR count). The van der Waals surface area contributed by atoms with Crippen molar-refractivity contribution in [2.45, 2.75) is 51.1 Å². The van der Waals surface area contributed by atoms with Gasteiger partial charge in [-0.3, -0.25) is 0 Å². The van der Waals surface area contributed by atoms with Crippen LogP contribution in [0.5, 0.6) is 0 Å². The number of nitrogens with one attached hydrogen (secondary N) is 1. The molecule has 29 heavy (non-hydrogen) atoms. The lowest BCUT2D eigenvalue weighted by Crippen LogP contribution is -2.50. The Morgan fingerprint density at radius 3 is 2.62 bits per heavy atom. The molecule has 0 aromatic heterocycles. The molecule has 1 aliphatic heterocycles. The molecule has 0 bridgehead atoms. The first-order chi connectivity index (χ1) is 13.2. The molecule has 0 radical (unpaired) electrons. The normalized spacial score (nSPS) is 22.5. The highest BCUT2D eigenvalue weighted by Gasteiger charge is 2.45. The maximum Gasteiger partial charge on any atom is 0.415 e. The molecule has 1 amide bonds. The highest BCUT2D eigenvalue weighted by Crippen LogP contribution is 2.37. The van der Waals surface area contributed by atoms with E-state index in [1.165, 1.54) is 19.1 Å². The maximum absolute atomic E-state index is 14.5. The van der Waals surface area contributed by atoms with Gasteiger partial charge in [-0.15, -0.1) is 0 Å². The minimum atomic E-state index is -4.59. The van der Waals surface area contributed by atoms with Crippen molar-refractivity contribution in [3.8, 4) is 0 Å². The molecule has 0 saturated heterocycles. The Labute approximate surface area is 173 Å². The molecule has 11 heteroatoms. The molecule has 0 unspecified atom stereocenters. The summed E-state index contributed by atoms with van der Waals surface area (Å²) in [5.74, 6) is -0.696. The zero-order valence-electron chi connectivity index (χ0n) is 16.2. The molecule has 0 fully saturated rings. The summed E-state index contributed by atoms with van der Waals surface area (Å²) in [6, 6.07) is 3.67. The second-order valence-corrected chi connectivity index (χ2v) is 8.46. The number of amidine groups is 1. The van der Waals surface area contributed by atoms with Crippen molar-refractivity contribution in [2.24, 2.45) is 4.99 Å². The number of benzene rings is 1. The highest BCUT2D eigenvalue weighted by molar-refractivity contribution is 9.10. The molecule has 6 nitrogen and oxygen atoms in total. The molecule has 1 N–H and O–H groups in total. The SMILES string of the molecule is CC(C)(C)OC(=O)NC1=N[C@](C)(c2cc(Br)ccc2F)[C@@H](OCC(F)(F)F)CO1. The summed E-state index contributed by atoms with van der Waals surface area (Å²) < 4.78 is 68.3. The average molecular weight is 485 g/mol. The van der Waals surface area contributed by atoms with Crippen molar-refractivity contribution >= 4 is 28.0 Å². The lowest BCUT2D eigenvalue weighted by Gasteiger charge is -2.38. The number of carbonyl (C=O) groups excluding carboxylic acids is 1. The van der Waals surface area contributed by atoms with Crippen LogP contribution in [0.4, 0.5) is 22.4 Å². The van der Waals surface area contributed by atoms with Crippen LogP contribution in [0.2, 0.25) is 0 Å². The molecule has 2 atom stereocenters. The molecule has 1 heterocycles. The fourth-order valence-electron chi connectivity index (χ4n) is 2.61. The third-order valence-electron chi connectivity index (χ3n) is 3.86. The van der Waals surface area contributed by atoms with Crippen molar-refractivity contribution in [1.82, 2.24) is 5.32 Å². The van der Waals surface area contributed by atoms with Crippen LogP contribution in [-0.4, -0.2) is 43.2 Å². The Morgan fingerprint density at radius 1 is 1.38 bits per heavy atom. The maximum atomic E-state index is 14.5. The number of carbonyl (C=O) groups is 1. The molecule has 1 aliphatic rings. The first kappa shape index (κ1) is 23.4. The number of ether oxygens (including phenoxy) is 3. The number of hydrogen-bond acceptors (Lipinski definition) is 5. The predicted molar refractivity (Wildman–Crippen MR) is 100 cm³/mol. The second kappa shape index (κ2) is 8.47. The van der Waals surface area contributed by atoms with Crippen LogP contribution in [0, 0.1) is 5.82 Å². The Kier molecular flexibility index (Phi) is 6.83. The average Bonchev–Trinajstić information content (AvgIpc) is 2.53. The van der Waals surface area contributed by atoms with Gasteiger partial charge in [-0.25, -0.2) is 19.5 Å². The lowest BCUT2D eigenvalue weighted by molar-refractivity contribution is -0.197. The van der Waals surface area contributed by atoms with Gasteiger partial charge < -0.3 is 14.2 Å². The van der Waals surface area contributed by atoms with E-state index in [2.05, 4.69) is 26.2 Å². The van der Waals surface area contributed by atoms with Crippen LogP contribution in [0.25, 0.3) is 0 Å². The van der Waals surface area contributed by atoms with Gasteiger partial charge >= 0.3 is 12.3 Å². The summed E-state index contributed by atoms with van der Waals surface area (Å²) in [5, 5.41) is 2.28. The van der Waals surface area contributed by atoms with Gasteiger partial charge in [0.15, 0.2) is 0 Å². The zero-order valence-corrected chi connectivity index (χ0v) is 17.8. The van der Waals surface area contributed by atoms with E-state index in [4.69, 9.17) is 14.2 Å².